The maximum absolute atomic E-state index is 5.73. The summed E-state index contributed by atoms with van der Waals surface area (Å²) < 4.78 is 5.73. The minimum Gasteiger partial charge on any atom is -0.372 e. The largest absolute Gasteiger partial charge is 0.372 e. The van der Waals surface area contributed by atoms with Crippen LogP contribution < -0.4 is 5.32 Å². The molecule has 1 saturated heterocycles. The normalized spacial score (nSPS) is 19.1. The van der Waals surface area contributed by atoms with Gasteiger partial charge in [0.25, 0.3) is 0 Å². The molecule has 2 heterocycles. The Kier molecular flexibility index (Phi) is 3.29. The highest BCUT2D eigenvalue weighted by Gasteiger charge is 2.13. The summed E-state index contributed by atoms with van der Waals surface area (Å²) >= 11 is 1.62. The first-order valence-corrected chi connectivity index (χ1v) is 5.59. The van der Waals surface area contributed by atoms with Gasteiger partial charge < -0.3 is 10.1 Å². The van der Waals surface area contributed by atoms with Crippen molar-refractivity contribution in [2.24, 2.45) is 0 Å². The lowest BCUT2D eigenvalue weighted by molar-refractivity contribution is 0.0198. The molecule has 1 aromatic rings. The van der Waals surface area contributed by atoms with Gasteiger partial charge in [0, 0.05) is 5.38 Å². The van der Waals surface area contributed by atoms with Crippen molar-refractivity contribution in [3.05, 3.63) is 16.6 Å². The van der Waals surface area contributed by atoms with E-state index in [-0.39, 0.29) is 0 Å². The van der Waals surface area contributed by atoms with Crippen molar-refractivity contribution in [2.75, 3.05) is 13.1 Å². The highest BCUT2D eigenvalue weighted by Crippen LogP contribution is 2.10. The lowest BCUT2D eigenvalue weighted by Crippen LogP contribution is -2.32. The van der Waals surface area contributed by atoms with E-state index in [4.69, 9.17) is 4.74 Å². The van der Waals surface area contributed by atoms with Crippen LogP contribution in [0, 0.1) is 0 Å². The molecule has 0 amide bonds. The second-order valence-electron chi connectivity index (χ2n) is 3.24. The lowest BCUT2D eigenvalue weighted by Gasteiger charge is -2.22. The molecule has 1 N–H and O–H groups in total. The molecule has 1 aliphatic rings. The Morgan fingerprint density at radius 3 is 3.08 bits per heavy atom. The molecule has 0 aliphatic carbocycles. The quantitative estimate of drug-likeness (QED) is 0.797. The number of hydrogen-bond acceptors (Lipinski definition) is 4. The van der Waals surface area contributed by atoms with E-state index >= 15 is 0 Å². The van der Waals surface area contributed by atoms with Gasteiger partial charge in [0.1, 0.15) is 0 Å². The van der Waals surface area contributed by atoms with Crippen molar-refractivity contribution in [1.29, 1.82) is 0 Å². The molecule has 0 unspecified atom stereocenters. The fourth-order valence-electron chi connectivity index (χ4n) is 1.47. The molecule has 0 atom stereocenters. The van der Waals surface area contributed by atoms with Crippen LogP contribution in [0.1, 0.15) is 18.5 Å². The molecule has 72 valence electrons. The molecule has 1 aliphatic heterocycles. The second kappa shape index (κ2) is 4.69. The van der Waals surface area contributed by atoms with Crippen molar-refractivity contribution in [3.63, 3.8) is 0 Å². The number of thiazole rings is 1. The van der Waals surface area contributed by atoms with Crippen LogP contribution in [0.3, 0.4) is 0 Å². The minimum absolute atomic E-state index is 0.433. The third-order valence-electron chi connectivity index (χ3n) is 2.24. The maximum Gasteiger partial charge on any atom is 0.0900 e. The molecule has 1 aromatic heterocycles. The second-order valence-corrected chi connectivity index (χ2v) is 3.96. The smallest absolute Gasteiger partial charge is 0.0900 e. The van der Waals surface area contributed by atoms with E-state index in [0.717, 1.165) is 31.6 Å². The molecular formula is C9H14N2OS. The van der Waals surface area contributed by atoms with Gasteiger partial charge in [0.2, 0.25) is 0 Å². The van der Waals surface area contributed by atoms with Crippen molar-refractivity contribution >= 4 is 11.3 Å². The van der Waals surface area contributed by atoms with Gasteiger partial charge in [-0.3, -0.25) is 0 Å². The highest BCUT2D eigenvalue weighted by molar-refractivity contribution is 7.07. The SMILES string of the molecule is c1nc(COC2CCNCC2)cs1. The number of nitrogens with zero attached hydrogens (tertiary/aromatic N) is 1. The molecule has 0 aromatic carbocycles. The van der Waals surface area contributed by atoms with Crippen molar-refractivity contribution in [2.45, 2.75) is 25.6 Å². The Morgan fingerprint density at radius 2 is 2.38 bits per heavy atom. The number of hydrogen-bond donors (Lipinski definition) is 1. The van der Waals surface area contributed by atoms with Gasteiger partial charge in [0.05, 0.1) is 23.9 Å². The van der Waals surface area contributed by atoms with E-state index in [1.54, 1.807) is 11.3 Å². The molecule has 1 fully saturated rings. The molecule has 2 rings (SSSR count). The zero-order valence-electron chi connectivity index (χ0n) is 7.53. The summed E-state index contributed by atoms with van der Waals surface area (Å²) in [7, 11) is 0. The van der Waals surface area contributed by atoms with Gasteiger partial charge in [-0.2, -0.15) is 0 Å². The molecule has 0 radical (unpaired) electrons. The predicted octanol–water partition coefficient (Wildman–Crippen LogP) is 1.41. The Labute approximate surface area is 82.1 Å². The number of aromatic nitrogens is 1. The molecule has 13 heavy (non-hydrogen) atoms. The monoisotopic (exact) mass is 198 g/mol. The van der Waals surface area contributed by atoms with E-state index in [1.807, 2.05) is 10.9 Å². The van der Waals surface area contributed by atoms with Crippen LogP contribution in [0.15, 0.2) is 10.9 Å². The summed E-state index contributed by atoms with van der Waals surface area (Å²) in [6, 6.07) is 0. The van der Waals surface area contributed by atoms with Crippen LogP contribution in [0.4, 0.5) is 0 Å². The third kappa shape index (κ3) is 2.76. The van der Waals surface area contributed by atoms with Crippen LogP contribution in [0.2, 0.25) is 0 Å². The zero-order valence-corrected chi connectivity index (χ0v) is 8.35. The molecule has 0 saturated carbocycles. The van der Waals surface area contributed by atoms with Crippen molar-refractivity contribution in [3.8, 4) is 0 Å². The molecule has 0 spiro atoms. The molecule has 4 heteroatoms. The summed E-state index contributed by atoms with van der Waals surface area (Å²) in [6.07, 6.45) is 2.69. The Bertz CT molecular complexity index is 232. The first-order chi connectivity index (χ1) is 6.45. The van der Waals surface area contributed by atoms with Crippen LogP contribution in [-0.4, -0.2) is 24.2 Å². The average molecular weight is 198 g/mol. The highest BCUT2D eigenvalue weighted by atomic mass is 32.1. The number of ether oxygens (including phenoxy) is 1. The van der Waals surface area contributed by atoms with E-state index in [0.29, 0.717) is 12.7 Å². The van der Waals surface area contributed by atoms with E-state index < -0.39 is 0 Å². The first kappa shape index (κ1) is 9.12. The maximum atomic E-state index is 5.73. The number of rotatable bonds is 3. The van der Waals surface area contributed by atoms with Crippen LogP contribution in [0.25, 0.3) is 0 Å². The molecule has 3 nitrogen and oxygen atoms in total. The van der Waals surface area contributed by atoms with Crippen molar-refractivity contribution < 1.29 is 4.74 Å². The van der Waals surface area contributed by atoms with Gasteiger partial charge in [-0.25, -0.2) is 4.98 Å². The Balaban J connectivity index is 1.72. The number of nitrogens with one attached hydrogen (secondary N) is 1. The van der Waals surface area contributed by atoms with E-state index in [2.05, 4.69) is 10.3 Å². The first-order valence-electron chi connectivity index (χ1n) is 4.64. The summed E-state index contributed by atoms with van der Waals surface area (Å²) in [5.41, 5.74) is 2.91. The number of piperidine rings is 1. The topological polar surface area (TPSA) is 34.1 Å². The minimum atomic E-state index is 0.433. The Morgan fingerprint density at radius 1 is 1.54 bits per heavy atom. The average Bonchev–Trinajstić information content (AvgIpc) is 2.69. The van der Waals surface area contributed by atoms with Gasteiger partial charge in [0.15, 0.2) is 0 Å². The fourth-order valence-corrected chi connectivity index (χ4v) is 2.02. The predicted molar refractivity (Wildman–Crippen MR) is 52.8 cm³/mol. The summed E-state index contributed by atoms with van der Waals surface area (Å²) in [5.74, 6) is 0. The summed E-state index contributed by atoms with van der Waals surface area (Å²) in [5, 5.41) is 5.36. The van der Waals surface area contributed by atoms with Crippen LogP contribution >= 0.6 is 11.3 Å². The van der Waals surface area contributed by atoms with Gasteiger partial charge >= 0.3 is 0 Å². The zero-order chi connectivity index (χ0) is 8.93. The van der Waals surface area contributed by atoms with Gasteiger partial charge in [-0.05, 0) is 25.9 Å². The fraction of sp³-hybridized carbons (Fsp3) is 0.667. The van der Waals surface area contributed by atoms with Gasteiger partial charge in [-0.1, -0.05) is 0 Å². The standard InChI is InChI=1S/C9H14N2OS/c1-3-10-4-2-9(1)12-5-8-6-13-7-11-8/h6-7,9-10H,1-5H2. The van der Waals surface area contributed by atoms with Crippen molar-refractivity contribution in [1.82, 2.24) is 10.3 Å². The summed E-state index contributed by atoms with van der Waals surface area (Å²) in [4.78, 5) is 4.18. The van der Waals surface area contributed by atoms with Gasteiger partial charge in [-0.15, -0.1) is 11.3 Å². The molecule has 0 bridgehead atoms. The van der Waals surface area contributed by atoms with Crippen LogP contribution in [0.5, 0.6) is 0 Å². The lowest BCUT2D eigenvalue weighted by atomic mass is 10.1. The Hall–Kier alpha value is -0.450. The van der Waals surface area contributed by atoms with E-state index in [1.165, 1.54) is 0 Å². The molecular weight excluding hydrogens is 184 g/mol. The van der Waals surface area contributed by atoms with E-state index in [9.17, 15) is 0 Å². The summed E-state index contributed by atoms with van der Waals surface area (Å²) in [6.45, 7) is 2.84. The van der Waals surface area contributed by atoms with Crippen LogP contribution in [-0.2, 0) is 11.3 Å². The third-order valence-corrected chi connectivity index (χ3v) is 2.87.